The summed E-state index contributed by atoms with van der Waals surface area (Å²) in [5, 5.41) is 52.4. The first-order valence-corrected chi connectivity index (χ1v) is 7.76. The van der Waals surface area contributed by atoms with Gasteiger partial charge in [0.1, 0.15) is 5.76 Å². The molecule has 2 aromatic rings. The van der Waals surface area contributed by atoms with E-state index in [1.807, 2.05) is 0 Å². The van der Waals surface area contributed by atoms with Gasteiger partial charge in [0.25, 0.3) is 17.4 Å². The fourth-order valence-electron chi connectivity index (χ4n) is 2.25. The molecule has 0 saturated carbocycles. The van der Waals surface area contributed by atoms with E-state index in [0.717, 1.165) is 6.07 Å². The van der Waals surface area contributed by atoms with Gasteiger partial charge in [0.2, 0.25) is 5.75 Å². The van der Waals surface area contributed by atoms with Crippen LogP contribution in [0.15, 0.2) is 42.5 Å². The number of anilines is 1. The van der Waals surface area contributed by atoms with Gasteiger partial charge in [-0.3, -0.25) is 29.8 Å². The molecule has 0 heterocycles. The minimum absolute atomic E-state index is 0.0335. The second-order valence-corrected chi connectivity index (χ2v) is 5.61. The van der Waals surface area contributed by atoms with Crippen molar-refractivity contribution in [3.05, 3.63) is 73.8 Å². The topological polar surface area (TPSA) is 210 Å². The third kappa shape index (κ3) is 4.72. The van der Waals surface area contributed by atoms with E-state index in [1.54, 1.807) is 0 Å². The van der Waals surface area contributed by atoms with Crippen LogP contribution in [0.4, 0.5) is 17.1 Å². The number of aliphatic hydroxyl groups is 1. The van der Waals surface area contributed by atoms with Gasteiger partial charge in [-0.2, -0.15) is 0 Å². The van der Waals surface area contributed by atoms with Gasteiger partial charge in [0.15, 0.2) is 0 Å². The van der Waals surface area contributed by atoms with Gasteiger partial charge in [-0.1, -0.05) is 12.1 Å². The molecule has 0 spiro atoms. The van der Waals surface area contributed by atoms with Gasteiger partial charge in [-0.15, -0.1) is 0 Å². The Kier molecular flexibility index (Phi) is 6.07. The Bertz CT molecular complexity index is 1120. The maximum absolute atomic E-state index is 12.4. The number of benzene rings is 2. The molecule has 0 bridgehead atoms. The number of nitrogens with one attached hydrogen (secondary N) is 1. The summed E-state index contributed by atoms with van der Waals surface area (Å²) >= 11 is 0. The standard InChI is InChI=1S/C17H11N3O10/c21-13(7-14(22)17(25)26)8-2-1-3-9(4-8)18-16(24)11-5-10(19(27)28)6-12(15(11)23)20(29)30/h1-7,21,23H,(H,18,24)(H,25,26). The summed E-state index contributed by atoms with van der Waals surface area (Å²) in [6.45, 7) is 0. The molecule has 0 aromatic heterocycles. The molecular formula is C17H11N3O10. The van der Waals surface area contributed by atoms with E-state index in [2.05, 4.69) is 5.32 Å². The summed E-state index contributed by atoms with van der Waals surface area (Å²) in [5.74, 6) is -6.13. The molecule has 0 fully saturated rings. The summed E-state index contributed by atoms with van der Waals surface area (Å²) < 4.78 is 0. The highest BCUT2D eigenvalue weighted by atomic mass is 16.6. The number of non-ortho nitro benzene ring substituents is 1. The molecule has 4 N–H and O–H groups in total. The van der Waals surface area contributed by atoms with Crippen molar-refractivity contribution in [2.45, 2.75) is 0 Å². The quantitative estimate of drug-likeness (QED) is 0.169. The largest absolute Gasteiger partial charge is 0.507 e. The predicted octanol–water partition coefficient (Wildman–Crippen LogP) is 2.01. The number of aromatic hydroxyl groups is 1. The molecule has 0 aliphatic carbocycles. The number of carbonyl (C=O) groups excluding carboxylic acids is 2. The number of rotatable bonds is 7. The number of carboxylic acids is 1. The number of phenols is 1. The third-order valence-electron chi connectivity index (χ3n) is 3.62. The Hall–Kier alpha value is -4.81. The van der Waals surface area contributed by atoms with Gasteiger partial charge in [-0.25, -0.2) is 4.79 Å². The number of hydrogen-bond acceptors (Lipinski definition) is 9. The number of amides is 1. The molecule has 0 aliphatic rings. The average molecular weight is 417 g/mol. The maximum Gasteiger partial charge on any atom is 0.376 e. The summed E-state index contributed by atoms with van der Waals surface area (Å²) in [7, 11) is 0. The highest BCUT2D eigenvalue weighted by Crippen LogP contribution is 2.34. The van der Waals surface area contributed by atoms with Crippen LogP contribution < -0.4 is 5.32 Å². The van der Waals surface area contributed by atoms with Crippen LogP contribution in [-0.2, 0) is 9.59 Å². The van der Waals surface area contributed by atoms with Crippen molar-refractivity contribution in [2.24, 2.45) is 0 Å². The maximum atomic E-state index is 12.4. The SMILES string of the molecule is O=C(O)C(=O)C=C(O)c1cccc(NC(=O)c2cc([N+](=O)[O-])cc([N+](=O)[O-])c2O)c1. The first-order chi connectivity index (χ1) is 14.0. The van der Waals surface area contributed by atoms with E-state index >= 15 is 0 Å². The number of ketones is 1. The number of nitrogens with zero attached hydrogens (tertiary/aromatic N) is 2. The summed E-state index contributed by atoms with van der Waals surface area (Å²) in [6.07, 6.45) is 0.443. The summed E-state index contributed by atoms with van der Waals surface area (Å²) in [5.41, 5.74) is -2.69. The number of hydrogen-bond donors (Lipinski definition) is 4. The Morgan fingerprint density at radius 2 is 1.67 bits per heavy atom. The van der Waals surface area contributed by atoms with Gasteiger partial charge < -0.3 is 20.6 Å². The normalized spacial score (nSPS) is 10.9. The van der Waals surface area contributed by atoms with Gasteiger partial charge in [0, 0.05) is 23.4 Å². The molecule has 2 aromatic carbocycles. The lowest BCUT2D eigenvalue weighted by atomic mass is 10.1. The third-order valence-corrected chi connectivity index (χ3v) is 3.62. The van der Waals surface area contributed by atoms with E-state index in [9.17, 15) is 44.8 Å². The zero-order valence-electron chi connectivity index (χ0n) is 14.6. The molecule has 2 rings (SSSR count). The average Bonchev–Trinajstić information content (AvgIpc) is 2.67. The number of nitro groups is 2. The zero-order chi connectivity index (χ0) is 22.6. The molecule has 0 radical (unpaired) electrons. The van der Waals surface area contributed by atoms with E-state index in [-0.39, 0.29) is 11.3 Å². The number of phenolic OH excluding ortho intramolecular Hbond substituents is 1. The van der Waals surface area contributed by atoms with E-state index < -0.39 is 56.0 Å². The molecule has 154 valence electrons. The highest BCUT2D eigenvalue weighted by Gasteiger charge is 2.27. The van der Waals surface area contributed by atoms with E-state index in [0.29, 0.717) is 18.2 Å². The smallest absolute Gasteiger partial charge is 0.376 e. The predicted molar refractivity (Wildman–Crippen MR) is 99.1 cm³/mol. The van der Waals surface area contributed by atoms with Crippen LogP contribution >= 0.6 is 0 Å². The molecule has 1 amide bonds. The summed E-state index contributed by atoms with van der Waals surface area (Å²) in [4.78, 5) is 53.9. The van der Waals surface area contributed by atoms with Crippen LogP contribution in [-0.4, -0.2) is 42.8 Å². The van der Waals surface area contributed by atoms with Crippen molar-refractivity contribution in [1.82, 2.24) is 0 Å². The number of aliphatic carboxylic acids is 1. The first-order valence-electron chi connectivity index (χ1n) is 7.76. The van der Waals surface area contributed by atoms with Crippen LogP contribution in [0.2, 0.25) is 0 Å². The van der Waals surface area contributed by atoms with Crippen LogP contribution in [0.5, 0.6) is 5.75 Å². The van der Waals surface area contributed by atoms with Crippen molar-refractivity contribution in [3.63, 3.8) is 0 Å². The lowest BCUT2D eigenvalue weighted by molar-refractivity contribution is -0.394. The second-order valence-electron chi connectivity index (χ2n) is 5.61. The van der Waals surface area contributed by atoms with Gasteiger partial charge in [-0.05, 0) is 12.1 Å². The van der Waals surface area contributed by atoms with Crippen molar-refractivity contribution in [2.75, 3.05) is 5.32 Å². The first kappa shape index (κ1) is 21.5. The zero-order valence-corrected chi connectivity index (χ0v) is 14.6. The van der Waals surface area contributed by atoms with E-state index in [4.69, 9.17) is 5.11 Å². The highest BCUT2D eigenvalue weighted by molar-refractivity contribution is 6.38. The van der Waals surface area contributed by atoms with Crippen LogP contribution in [0.1, 0.15) is 15.9 Å². The molecule has 13 heteroatoms. The van der Waals surface area contributed by atoms with E-state index in [1.165, 1.54) is 18.2 Å². The minimum Gasteiger partial charge on any atom is -0.507 e. The Balaban J connectivity index is 2.40. The van der Waals surface area contributed by atoms with Crippen LogP contribution in [0, 0.1) is 20.2 Å². The number of carbonyl (C=O) groups is 3. The van der Waals surface area contributed by atoms with Crippen molar-refractivity contribution in [1.29, 1.82) is 0 Å². The van der Waals surface area contributed by atoms with Crippen LogP contribution in [0.3, 0.4) is 0 Å². The van der Waals surface area contributed by atoms with Crippen molar-refractivity contribution in [3.8, 4) is 5.75 Å². The lowest BCUT2D eigenvalue weighted by Crippen LogP contribution is -2.13. The Morgan fingerprint density at radius 1 is 1.00 bits per heavy atom. The minimum atomic E-state index is -1.80. The molecular weight excluding hydrogens is 406 g/mol. The molecule has 30 heavy (non-hydrogen) atoms. The summed E-state index contributed by atoms with van der Waals surface area (Å²) in [6, 6.07) is 6.17. The van der Waals surface area contributed by atoms with Gasteiger partial charge >= 0.3 is 11.7 Å². The monoisotopic (exact) mass is 417 g/mol. The molecule has 0 aliphatic heterocycles. The Labute approximate surface area is 165 Å². The van der Waals surface area contributed by atoms with Crippen LogP contribution in [0.25, 0.3) is 5.76 Å². The van der Waals surface area contributed by atoms with Crippen molar-refractivity contribution < 1.29 is 39.5 Å². The molecule has 0 atom stereocenters. The lowest BCUT2D eigenvalue weighted by Gasteiger charge is -2.09. The fraction of sp³-hybridized carbons (Fsp3) is 0. The molecule has 0 unspecified atom stereocenters. The number of carboxylic acid groups (broad SMARTS) is 1. The van der Waals surface area contributed by atoms with Gasteiger partial charge in [0.05, 0.1) is 21.5 Å². The molecule has 13 nitrogen and oxygen atoms in total. The fourth-order valence-corrected chi connectivity index (χ4v) is 2.25. The second kappa shape index (κ2) is 8.47. The Morgan fingerprint density at radius 3 is 2.23 bits per heavy atom. The van der Waals surface area contributed by atoms with Crippen molar-refractivity contribution >= 4 is 40.5 Å². The molecule has 0 saturated heterocycles. The number of nitro benzene ring substituents is 2. The number of aliphatic hydroxyl groups excluding tert-OH is 1.